The van der Waals surface area contributed by atoms with E-state index < -0.39 is 17.1 Å². The minimum Gasteiger partial charge on any atom is -0.393 e. The summed E-state index contributed by atoms with van der Waals surface area (Å²) < 4.78 is 0. The Labute approximate surface area is 208 Å². The van der Waals surface area contributed by atoms with Crippen molar-refractivity contribution < 1.29 is 19.8 Å². The molecule has 4 aliphatic rings. The lowest BCUT2D eigenvalue weighted by Crippen LogP contribution is -2.61. The minimum atomic E-state index is -1.48. The van der Waals surface area contributed by atoms with Crippen molar-refractivity contribution in [1.29, 1.82) is 0 Å². The fourth-order valence-electron chi connectivity index (χ4n) is 7.93. The van der Waals surface area contributed by atoms with Crippen molar-refractivity contribution in [3.8, 4) is 0 Å². The molecule has 0 unspecified atom stereocenters. The second-order valence-corrected chi connectivity index (χ2v) is 12.2. The van der Waals surface area contributed by atoms with Crippen LogP contribution in [0.25, 0.3) is 11.2 Å². The molecule has 2 aromatic heterocycles. The van der Waals surface area contributed by atoms with Gasteiger partial charge in [0.15, 0.2) is 22.4 Å². The number of Topliss-reactive ketones (excluding diaryl/α,β-unsaturated/α-hetero) is 1. The number of imidazole rings is 1. The van der Waals surface area contributed by atoms with E-state index in [4.69, 9.17) is 0 Å². The summed E-state index contributed by atoms with van der Waals surface area (Å²) in [7, 11) is 0. The first kappa shape index (κ1) is 23.1. The second-order valence-electron chi connectivity index (χ2n) is 11.2. The Balaban J connectivity index is 1.25. The molecule has 8 heteroatoms. The van der Waals surface area contributed by atoms with E-state index in [1.165, 1.54) is 11.8 Å². The summed E-state index contributed by atoms with van der Waals surface area (Å²) in [6, 6.07) is 3.72. The molecule has 0 saturated heterocycles. The van der Waals surface area contributed by atoms with Crippen LogP contribution in [0, 0.1) is 28.6 Å². The maximum atomic E-state index is 13.5. The molecule has 3 N–H and O–H groups in total. The maximum absolute atomic E-state index is 13.5. The monoisotopic (exact) mass is 493 g/mol. The van der Waals surface area contributed by atoms with E-state index in [1.807, 2.05) is 25.1 Å². The first-order valence-electron chi connectivity index (χ1n) is 12.5. The third-order valence-electron chi connectivity index (χ3n) is 9.68. The molecule has 7 atom stereocenters. The average Bonchev–Trinajstić information content (AvgIpc) is 3.36. The van der Waals surface area contributed by atoms with Crippen LogP contribution < -0.4 is 0 Å². The number of rotatable bonds is 4. The molecule has 7 nitrogen and oxygen atoms in total. The molecular weight excluding hydrogens is 462 g/mol. The standard InChI is InChI=1S/C27H31N3O4S/c1-25-9-7-16(31)12-15(25)5-6-17-18-8-10-27(34,26(18,2)13-20(32)22(17)25)21(33)14-35-24-29-19-4-3-11-28-23(19)30-24/h3-4,7,9,11-12,17-18,20,22,32,34H,5-6,8,10,13-14H2,1-2H3,(H,28,29,30)/t17-,18-,20-,22+,25-,26-,27-/m0/s1. The Kier molecular flexibility index (Phi) is 5.19. The molecule has 0 radical (unpaired) electrons. The molecular formula is C27H31N3O4S. The highest BCUT2D eigenvalue weighted by Crippen LogP contribution is 2.67. The van der Waals surface area contributed by atoms with Gasteiger partial charge in [-0.05, 0) is 68.2 Å². The number of carbonyl (C=O) groups is 2. The first-order valence-corrected chi connectivity index (χ1v) is 13.5. The SMILES string of the molecule is C[C@]12C=CC(=O)C=C1CC[C@@H]1[C@@H]2[C@@H](O)C[C@@]2(C)[C@H]1CC[C@]2(O)C(=O)CSc1nc2ncccc2[nH]1. The number of H-pyrrole nitrogens is 1. The van der Waals surface area contributed by atoms with Gasteiger partial charge in [0.2, 0.25) is 0 Å². The topological polar surface area (TPSA) is 116 Å². The lowest BCUT2D eigenvalue weighted by atomic mass is 9.46. The summed E-state index contributed by atoms with van der Waals surface area (Å²) in [5.74, 6) is 0.259. The Morgan fingerprint density at radius 2 is 2.14 bits per heavy atom. The van der Waals surface area contributed by atoms with Crippen molar-refractivity contribution in [2.24, 2.45) is 28.6 Å². The fraction of sp³-hybridized carbons (Fsp3) is 0.556. The van der Waals surface area contributed by atoms with Crippen LogP contribution in [0.2, 0.25) is 0 Å². The number of hydrogen-bond acceptors (Lipinski definition) is 7. The predicted molar refractivity (Wildman–Crippen MR) is 133 cm³/mol. The van der Waals surface area contributed by atoms with Crippen molar-refractivity contribution in [1.82, 2.24) is 15.0 Å². The molecule has 0 aromatic carbocycles. The number of aromatic nitrogens is 3. The number of aromatic amines is 1. The summed E-state index contributed by atoms with van der Waals surface area (Å²) in [4.78, 5) is 37.4. The van der Waals surface area contributed by atoms with Crippen LogP contribution >= 0.6 is 11.8 Å². The van der Waals surface area contributed by atoms with E-state index in [1.54, 1.807) is 18.3 Å². The number of aliphatic hydroxyl groups excluding tert-OH is 1. The van der Waals surface area contributed by atoms with Gasteiger partial charge in [-0.15, -0.1) is 0 Å². The third-order valence-corrected chi connectivity index (χ3v) is 10.6. The van der Waals surface area contributed by atoms with Crippen molar-refractivity contribution in [3.05, 3.63) is 42.1 Å². The van der Waals surface area contributed by atoms with E-state index in [9.17, 15) is 19.8 Å². The highest BCUT2D eigenvalue weighted by atomic mass is 32.2. The van der Waals surface area contributed by atoms with Crippen molar-refractivity contribution in [3.63, 3.8) is 0 Å². The summed E-state index contributed by atoms with van der Waals surface area (Å²) in [5.41, 5.74) is 0.00668. The average molecular weight is 494 g/mol. The van der Waals surface area contributed by atoms with Gasteiger partial charge in [-0.25, -0.2) is 9.97 Å². The van der Waals surface area contributed by atoms with Gasteiger partial charge in [0.1, 0.15) is 5.60 Å². The molecule has 2 aromatic rings. The summed E-state index contributed by atoms with van der Waals surface area (Å²) >= 11 is 1.29. The molecule has 0 spiro atoms. The van der Waals surface area contributed by atoms with Gasteiger partial charge in [-0.2, -0.15) is 0 Å². The van der Waals surface area contributed by atoms with Crippen LogP contribution in [-0.2, 0) is 9.59 Å². The number of hydrogen-bond donors (Lipinski definition) is 3. The number of nitrogens with zero attached hydrogens (tertiary/aromatic N) is 2. The minimum absolute atomic E-state index is 0.0141. The lowest BCUT2D eigenvalue weighted by Gasteiger charge is -2.59. The van der Waals surface area contributed by atoms with Crippen molar-refractivity contribution >= 4 is 34.5 Å². The van der Waals surface area contributed by atoms with Crippen LogP contribution in [0.15, 0.2) is 47.3 Å². The quantitative estimate of drug-likeness (QED) is 0.557. The number of allylic oxidation sites excluding steroid dienone is 4. The van der Waals surface area contributed by atoms with E-state index >= 15 is 0 Å². The summed E-state index contributed by atoms with van der Waals surface area (Å²) in [6.07, 6.45) is 9.64. The second kappa shape index (κ2) is 7.85. The van der Waals surface area contributed by atoms with Gasteiger partial charge in [-0.3, -0.25) is 9.59 Å². The van der Waals surface area contributed by atoms with Crippen LogP contribution in [0.5, 0.6) is 0 Å². The number of thioether (sulfide) groups is 1. The normalized spacial score (nSPS) is 40.2. The molecule has 6 rings (SSSR count). The van der Waals surface area contributed by atoms with Crippen LogP contribution in [-0.4, -0.2) is 54.2 Å². The Hall–Kier alpha value is -2.29. The molecule has 4 aliphatic carbocycles. The molecule has 3 fully saturated rings. The highest BCUT2D eigenvalue weighted by molar-refractivity contribution is 7.99. The van der Waals surface area contributed by atoms with E-state index in [0.29, 0.717) is 23.6 Å². The number of carbonyl (C=O) groups excluding carboxylic acids is 2. The van der Waals surface area contributed by atoms with Gasteiger partial charge in [0.25, 0.3) is 0 Å². The molecule has 2 heterocycles. The number of nitrogens with one attached hydrogen (secondary N) is 1. The molecule has 184 valence electrons. The largest absolute Gasteiger partial charge is 0.393 e. The third kappa shape index (κ3) is 3.26. The van der Waals surface area contributed by atoms with Gasteiger partial charge < -0.3 is 15.2 Å². The molecule has 0 bridgehead atoms. The van der Waals surface area contributed by atoms with Gasteiger partial charge in [0.05, 0.1) is 17.4 Å². The van der Waals surface area contributed by atoms with E-state index in [0.717, 1.165) is 30.4 Å². The van der Waals surface area contributed by atoms with Crippen molar-refractivity contribution in [2.75, 3.05) is 5.75 Å². The Morgan fingerprint density at radius 3 is 2.94 bits per heavy atom. The fourth-order valence-corrected chi connectivity index (χ4v) is 8.77. The van der Waals surface area contributed by atoms with Crippen LogP contribution in [0.3, 0.4) is 0 Å². The zero-order valence-electron chi connectivity index (χ0n) is 20.0. The predicted octanol–water partition coefficient (Wildman–Crippen LogP) is 3.63. The van der Waals surface area contributed by atoms with Crippen molar-refractivity contribution in [2.45, 2.75) is 62.8 Å². The van der Waals surface area contributed by atoms with Crippen LogP contribution in [0.4, 0.5) is 0 Å². The number of ketones is 2. The summed E-state index contributed by atoms with van der Waals surface area (Å²) in [6.45, 7) is 4.14. The highest BCUT2D eigenvalue weighted by Gasteiger charge is 2.67. The zero-order chi connectivity index (χ0) is 24.6. The van der Waals surface area contributed by atoms with Gasteiger partial charge in [-0.1, -0.05) is 37.3 Å². The first-order chi connectivity index (χ1) is 16.7. The maximum Gasteiger partial charge on any atom is 0.178 e. The summed E-state index contributed by atoms with van der Waals surface area (Å²) in [5, 5.41) is 24.0. The van der Waals surface area contributed by atoms with Gasteiger partial charge >= 0.3 is 0 Å². The van der Waals surface area contributed by atoms with Gasteiger partial charge in [0, 0.05) is 22.9 Å². The molecule has 0 aliphatic heterocycles. The molecule has 3 saturated carbocycles. The molecule has 0 amide bonds. The van der Waals surface area contributed by atoms with E-state index in [2.05, 4.69) is 21.9 Å². The number of fused-ring (bicyclic) bond motifs is 6. The van der Waals surface area contributed by atoms with Crippen LogP contribution in [0.1, 0.15) is 46.0 Å². The number of pyridine rings is 1. The molecule has 35 heavy (non-hydrogen) atoms. The van der Waals surface area contributed by atoms with E-state index in [-0.39, 0.29) is 40.5 Å². The Morgan fingerprint density at radius 1 is 1.31 bits per heavy atom. The Bertz CT molecular complexity index is 1250. The number of aliphatic hydroxyl groups is 2. The smallest absolute Gasteiger partial charge is 0.178 e. The zero-order valence-corrected chi connectivity index (χ0v) is 20.8. The lowest BCUT2D eigenvalue weighted by molar-refractivity contribution is -0.174.